The number of aliphatic hydroxyl groups excluding tert-OH is 1. The van der Waals surface area contributed by atoms with Gasteiger partial charge >= 0.3 is 0 Å². The van der Waals surface area contributed by atoms with Gasteiger partial charge in [0.15, 0.2) is 11.5 Å². The number of benzene rings is 1. The highest BCUT2D eigenvalue weighted by Gasteiger charge is 2.32. The van der Waals surface area contributed by atoms with E-state index in [4.69, 9.17) is 9.47 Å². The molecule has 0 saturated heterocycles. The summed E-state index contributed by atoms with van der Waals surface area (Å²) in [6.45, 7) is 6.39. The number of amides is 3. The van der Waals surface area contributed by atoms with Gasteiger partial charge in [-0.3, -0.25) is 25.2 Å². The van der Waals surface area contributed by atoms with Crippen LogP contribution in [0.1, 0.15) is 27.7 Å². The summed E-state index contributed by atoms with van der Waals surface area (Å²) in [5.41, 5.74) is 3.68. The molecule has 9 nitrogen and oxygen atoms in total. The van der Waals surface area contributed by atoms with Crippen LogP contribution in [-0.4, -0.2) is 47.7 Å². The average molecular weight is 379 g/mol. The fourth-order valence-electron chi connectivity index (χ4n) is 2.19. The van der Waals surface area contributed by atoms with Crippen LogP contribution in [0.2, 0.25) is 0 Å². The van der Waals surface area contributed by atoms with Crippen molar-refractivity contribution in [2.75, 3.05) is 6.61 Å². The molecule has 3 atom stereocenters. The predicted octanol–water partition coefficient (Wildman–Crippen LogP) is -0.114. The van der Waals surface area contributed by atoms with E-state index in [0.717, 1.165) is 0 Å². The zero-order valence-electron chi connectivity index (χ0n) is 15.7. The van der Waals surface area contributed by atoms with Crippen molar-refractivity contribution < 1.29 is 29.0 Å². The molecule has 0 bridgehead atoms. The molecule has 2 rings (SSSR count). The van der Waals surface area contributed by atoms with Crippen molar-refractivity contribution in [3.05, 3.63) is 24.3 Å². The van der Waals surface area contributed by atoms with Gasteiger partial charge in [-0.15, -0.1) is 0 Å². The van der Waals surface area contributed by atoms with Gasteiger partial charge < -0.3 is 19.9 Å². The molecule has 0 unspecified atom stereocenters. The third-order valence-corrected chi connectivity index (χ3v) is 3.84. The molecule has 0 fully saturated rings. The zero-order valence-corrected chi connectivity index (χ0v) is 15.7. The van der Waals surface area contributed by atoms with E-state index in [2.05, 4.69) is 16.2 Å². The molecule has 4 N–H and O–H groups in total. The molecule has 9 heteroatoms. The molecule has 1 aliphatic heterocycles. The number of para-hydroxylation sites is 2. The highest BCUT2D eigenvalue weighted by Crippen LogP contribution is 2.30. The lowest BCUT2D eigenvalue weighted by molar-refractivity contribution is -0.139. The summed E-state index contributed by atoms with van der Waals surface area (Å²) >= 11 is 0. The van der Waals surface area contributed by atoms with Gasteiger partial charge in [0.2, 0.25) is 12.0 Å². The van der Waals surface area contributed by atoms with E-state index in [1.54, 1.807) is 45.0 Å². The topological polar surface area (TPSA) is 126 Å². The Labute approximate surface area is 157 Å². The van der Waals surface area contributed by atoms with Crippen LogP contribution in [0, 0.1) is 5.41 Å². The smallest absolute Gasteiger partial charge is 0.283 e. The quantitative estimate of drug-likeness (QED) is 0.541. The Hall–Kier alpha value is -2.81. The lowest BCUT2D eigenvalue weighted by Crippen LogP contribution is -2.59. The number of aliphatic hydroxyl groups is 1. The van der Waals surface area contributed by atoms with Crippen LogP contribution in [0.25, 0.3) is 0 Å². The van der Waals surface area contributed by atoms with E-state index in [-0.39, 0.29) is 6.61 Å². The minimum absolute atomic E-state index is 0.0146. The fraction of sp³-hybridized carbons (Fsp3) is 0.500. The number of hydrogen-bond acceptors (Lipinski definition) is 6. The highest BCUT2D eigenvalue weighted by atomic mass is 16.6. The second-order valence-electron chi connectivity index (χ2n) is 7.28. The number of fused-ring (bicyclic) bond motifs is 1. The van der Waals surface area contributed by atoms with E-state index < -0.39 is 41.4 Å². The van der Waals surface area contributed by atoms with Crippen LogP contribution in [0.15, 0.2) is 24.3 Å². The normalized spacial score (nSPS) is 18.0. The first-order valence-electron chi connectivity index (χ1n) is 8.57. The Kier molecular flexibility index (Phi) is 6.27. The maximum Gasteiger partial charge on any atom is 0.283 e. The Morgan fingerprint density at radius 3 is 2.37 bits per heavy atom. The standard InChI is InChI=1S/C18H25N3O6/c1-10(22)14(19-17(25)18(2,3)4)16(24)21-20-15(23)13-9-26-11-7-5-6-8-12(11)27-13/h5-8,10,13-14,22H,9H2,1-4H3,(H,19,25)(H,20,23)(H,21,24)/t10-,13+,14-/m0/s1. The fourth-order valence-corrected chi connectivity index (χ4v) is 2.19. The average Bonchev–Trinajstić information content (AvgIpc) is 2.62. The van der Waals surface area contributed by atoms with Gasteiger partial charge in [-0.1, -0.05) is 32.9 Å². The van der Waals surface area contributed by atoms with Gasteiger partial charge in [-0.05, 0) is 19.1 Å². The first kappa shape index (κ1) is 20.5. The monoisotopic (exact) mass is 379 g/mol. The van der Waals surface area contributed by atoms with Crippen molar-refractivity contribution in [1.29, 1.82) is 0 Å². The van der Waals surface area contributed by atoms with Crippen molar-refractivity contribution in [3.8, 4) is 11.5 Å². The van der Waals surface area contributed by atoms with Gasteiger partial charge in [0.25, 0.3) is 11.8 Å². The lowest BCUT2D eigenvalue weighted by atomic mass is 9.95. The zero-order chi connectivity index (χ0) is 20.2. The Morgan fingerprint density at radius 1 is 1.15 bits per heavy atom. The SMILES string of the molecule is C[C@H](O)[C@H](NC(=O)C(C)(C)C)C(=O)NNC(=O)[C@H]1COc2ccccc2O1. The van der Waals surface area contributed by atoms with Gasteiger partial charge in [0.05, 0.1) is 6.10 Å². The van der Waals surface area contributed by atoms with E-state index in [0.29, 0.717) is 11.5 Å². The van der Waals surface area contributed by atoms with Crippen molar-refractivity contribution in [2.45, 2.75) is 45.9 Å². The van der Waals surface area contributed by atoms with Gasteiger partial charge in [-0.25, -0.2) is 0 Å². The van der Waals surface area contributed by atoms with Crippen LogP contribution in [0.5, 0.6) is 11.5 Å². The summed E-state index contributed by atoms with van der Waals surface area (Å²) in [6, 6.07) is 5.69. The van der Waals surface area contributed by atoms with E-state index in [1.165, 1.54) is 6.92 Å². The number of carbonyl (C=O) groups excluding carboxylic acids is 3. The van der Waals surface area contributed by atoms with Crippen molar-refractivity contribution >= 4 is 17.7 Å². The molecule has 148 valence electrons. The molecule has 0 aromatic heterocycles. The number of nitrogens with one attached hydrogen (secondary N) is 3. The van der Waals surface area contributed by atoms with Crippen LogP contribution in [0.4, 0.5) is 0 Å². The van der Waals surface area contributed by atoms with Crippen molar-refractivity contribution in [1.82, 2.24) is 16.2 Å². The molecule has 27 heavy (non-hydrogen) atoms. The van der Waals surface area contributed by atoms with Crippen LogP contribution in [0.3, 0.4) is 0 Å². The first-order chi connectivity index (χ1) is 12.6. The van der Waals surface area contributed by atoms with Crippen molar-refractivity contribution in [2.24, 2.45) is 5.41 Å². The summed E-state index contributed by atoms with van der Waals surface area (Å²) in [5, 5.41) is 12.3. The Morgan fingerprint density at radius 2 is 1.78 bits per heavy atom. The van der Waals surface area contributed by atoms with Gasteiger partial charge in [0, 0.05) is 5.41 Å². The second-order valence-corrected chi connectivity index (χ2v) is 7.28. The molecule has 0 spiro atoms. The minimum Gasteiger partial charge on any atom is -0.485 e. The molecule has 1 heterocycles. The maximum absolute atomic E-state index is 12.3. The van der Waals surface area contributed by atoms with E-state index >= 15 is 0 Å². The molecular weight excluding hydrogens is 354 g/mol. The van der Waals surface area contributed by atoms with Crippen LogP contribution in [-0.2, 0) is 14.4 Å². The Bertz CT molecular complexity index is 713. The summed E-state index contributed by atoms with van der Waals surface area (Å²) in [5.74, 6) is -0.827. The van der Waals surface area contributed by atoms with Crippen LogP contribution < -0.4 is 25.6 Å². The summed E-state index contributed by atoms with van der Waals surface area (Å²) in [7, 11) is 0. The number of carbonyl (C=O) groups is 3. The van der Waals surface area contributed by atoms with Gasteiger partial charge in [0.1, 0.15) is 12.6 Å². The highest BCUT2D eigenvalue weighted by molar-refractivity contribution is 5.91. The number of hydrazine groups is 1. The minimum atomic E-state index is -1.22. The maximum atomic E-state index is 12.3. The molecule has 0 aliphatic carbocycles. The molecule has 0 saturated carbocycles. The third-order valence-electron chi connectivity index (χ3n) is 3.84. The molecule has 1 aromatic carbocycles. The molecule has 3 amide bonds. The number of rotatable bonds is 4. The summed E-state index contributed by atoms with van der Waals surface area (Å²) in [4.78, 5) is 36.5. The van der Waals surface area contributed by atoms with E-state index in [9.17, 15) is 19.5 Å². The second kappa shape index (κ2) is 8.26. The first-order valence-corrected chi connectivity index (χ1v) is 8.57. The molecule has 0 radical (unpaired) electrons. The molecule has 1 aliphatic rings. The molecular formula is C18H25N3O6. The molecule has 1 aromatic rings. The van der Waals surface area contributed by atoms with Crippen molar-refractivity contribution in [3.63, 3.8) is 0 Å². The number of hydrogen-bond donors (Lipinski definition) is 4. The van der Waals surface area contributed by atoms with Crippen LogP contribution >= 0.6 is 0 Å². The third kappa shape index (κ3) is 5.33. The van der Waals surface area contributed by atoms with E-state index in [1.807, 2.05) is 0 Å². The van der Waals surface area contributed by atoms with Gasteiger partial charge in [-0.2, -0.15) is 0 Å². The Balaban J connectivity index is 1.91. The number of ether oxygens (including phenoxy) is 2. The largest absolute Gasteiger partial charge is 0.485 e. The summed E-state index contributed by atoms with van der Waals surface area (Å²) in [6.07, 6.45) is -2.11. The summed E-state index contributed by atoms with van der Waals surface area (Å²) < 4.78 is 11.0. The lowest BCUT2D eigenvalue weighted by Gasteiger charge is -2.27. The predicted molar refractivity (Wildman–Crippen MR) is 95.7 cm³/mol.